The molecule has 1 rings (SSSR count). The van der Waals surface area contributed by atoms with Gasteiger partial charge in [0, 0.05) is 5.54 Å². The molecule has 1 N–H and O–H groups in total. The fourth-order valence-electron chi connectivity index (χ4n) is 2.26. The summed E-state index contributed by atoms with van der Waals surface area (Å²) in [5.74, 6) is 0. The van der Waals surface area contributed by atoms with Gasteiger partial charge in [0.1, 0.15) is 0 Å². The second-order valence-electron chi connectivity index (χ2n) is 5.69. The van der Waals surface area contributed by atoms with Crippen molar-refractivity contribution in [3.8, 4) is 0 Å². The topological polar surface area (TPSA) is 12.0 Å². The summed E-state index contributed by atoms with van der Waals surface area (Å²) in [6.07, 6.45) is 8.17. The standard InChI is InChI=1S/C17H29N.ClH/c1-4-5-6-7-8-12-15-18-17(2,3)16-13-10-9-11-14-16;/h9-11,13-14,18H,4-8,12,15H2,1-3H3;1H. The van der Waals surface area contributed by atoms with Gasteiger partial charge in [-0.05, 0) is 32.4 Å². The molecule has 0 aliphatic carbocycles. The first-order valence-corrected chi connectivity index (χ1v) is 7.47. The largest absolute Gasteiger partial charge is 0.308 e. The van der Waals surface area contributed by atoms with Gasteiger partial charge in [-0.25, -0.2) is 0 Å². The van der Waals surface area contributed by atoms with Crippen LogP contribution in [-0.2, 0) is 5.54 Å². The fourth-order valence-corrected chi connectivity index (χ4v) is 2.26. The molecule has 0 amide bonds. The van der Waals surface area contributed by atoms with Gasteiger partial charge < -0.3 is 5.32 Å². The molecule has 19 heavy (non-hydrogen) atoms. The van der Waals surface area contributed by atoms with E-state index in [4.69, 9.17) is 0 Å². The molecule has 0 radical (unpaired) electrons. The van der Waals surface area contributed by atoms with E-state index in [1.807, 2.05) is 0 Å². The van der Waals surface area contributed by atoms with Gasteiger partial charge in [0.2, 0.25) is 0 Å². The van der Waals surface area contributed by atoms with Crippen LogP contribution in [0.4, 0.5) is 0 Å². The summed E-state index contributed by atoms with van der Waals surface area (Å²) in [6, 6.07) is 10.7. The van der Waals surface area contributed by atoms with Crippen LogP contribution in [0.5, 0.6) is 0 Å². The van der Waals surface area contributed by atoms with Crippen molar-refractivity contribution < 1.29 is 0 Å². The highest BCUT2D eigenvalue weighted by Gasteiger charge is 2.18. The Hall–Kier alpha value is -0.530. The molecule has 0 aliphatic heterocycles. The lowest BCUT2D eigenvalue weighted by molar-refractivity contribution is 0.394. The van der Waals surface area contributed by atoms with E-state index in [9.17, 15) is 0 Å². The van der Waals surface area contributed by atoms with Crippen LogP contribution in [0.25, 0.3) is 0 Å². The molecule has 0 fully saturated rings. The van der Waals surface area contributed by atoms with Crippen LogP contribution in [0, 0.1) is 0 Å². The monoisotopic (exact) mass is 283 g/mol. The van der Waals surface area contributed by atoms with Crippen LogP contribution in [-0.4, -0.2) is 6.54 Å². The third-order valence-electron chi connectivity index (χ3n) is 3.59. The van der Waals surface area contributed by atoms with Crippen LogP contribution >= 0.6 is 12.4 Å². The minimum absolute atomic E-state index is 0. The first kappa shape index (κ1) is 18.5. The molecule has 2 heteroatoms. The second-order valence-corrected chi connectivity index (χ2v) is 5.69. The highest BCUT2D eigenvalue weighted by molar-refractivity contribution is 5.85. The van der Waals surface area contributed by atoms with Crippen molar-refractivity contribution in [2.24, 2.45) is 0 Å². The molecule has 1 aromatic carbocycles. The molecular weight excluding hydrogens is 254 g/mol. The van der Waals surface area contributed by atoms with E-state index in [0.717, 1.165) is 6.54 Å². The Bertz CT molecular complexity index is 308. The smallest absolute Gasteiger partial charge is 0.0377 e. The summed E-state index contributed by atoms with van der Waals surface area (Å²) in [5.41, 5.74) is 1.46. The number of nitrogens with one attached hydrogen (secondary N) is 1. The van der Waals surface area contributed by atoms with Crippen LogP contribution in [0.3, 0.4) is 0 Å². The molecule has 1 nitrogen and oxygen atoms in total. The Morgan fingerprint density at radius 3 is 2.11 bits per heavy atom. The highest BCUT2D eigenvalue weighted by Crippen LogP contribution is 2.19. The first-order valence-electron chi connectivity index (χ1n) is 7.47. The zero-order valence-corrected chi connectivity index (χ0v) is 13.6. The van der Waals surface area contributed by atoms with E-state index in [2.05, 4.69) is 56.4 Å². The molecule has 0 saturated carbocycles. The lowest BCUT2D eigenvalue weighted by Gasteiger charge is -2.27. The van der Waals surface area contributed by atoms with Crippen LogP contribution < -0.4 is 5.32 Å². The molecule has 110 valence electrons. The van der Waals surface area contributed by atoms with E-state index in [1.165, 1.54) is 44.1 Å². The van der Waals surface area contributed by atoms with Gasteiger partial charge >= 0.3 is 0 Å². The lowest BCUT2D eigenvalue weighted by Crippen LogP contribution is -2.37. The Labute approximate surface area is 125 Å². The minimum atomic E-state index is 0. The SMILES string of the molecule is CCCCCCCCNC(C)(C)c1ccccc1.Cl. The number of hydrogen-bond acceptors (Lipinski definition) is 1. The van der Waals surface area contributed by atoms with Crippen molar-refractivity contribution in [3.63, 3.8) is 0 Å². The van der Waals surface area contributed by atoms with E-state index >= 15 is 0 Å². The third kappa shape index (κ3) is 7.59. The van der Waals surface area contributed by atoms with Crippen molar-refractivity contribution in [3.05, 3.63) is 35.9 Å². The van der Waals surface area contributed by atoms with E-state index in [-0.39, 0.29) is 17.9 Å². The van der Waals surface area contributed by atoms with Gasteiger partial charge in [0.25, 0.3) is 0 Å². The molecule has 0 unspecified atom stereocenters. The Morgan fingerprint density at radius 2 is 1.47 bits per heavy atom. The van der Waals surface area contributed by atoms with Crippen LogP contribution in [0.1, 0.15) is 64.9 Å². The van der Waals surface area contributed by atoms with Crippen LogP contribution in [0.2, 0.25) is 0 Å². The predicted octanol–water partition coefficient (Wildman–Crippen LogP) is 5.29. The van der Waals surface area contributed by atoms with E-state index < -0.39 is 0 Å². The molecule has 0 saturated heterocycles. The zero-order chi connectivity index (χ0) is 13.3. The maximum atomic E-state index is 3.67. The summed E-state index contributed by atoms with van der Waals surface area (Å²) in [6.45, 7) is 7.91. The fraction of sp³-hybridized carbons (Fsp3) is 0.647. The summed E-state index contributed by atoms with van der Waals surface area (Å²) < 4.78 is 0. The van der Waals surface area contributed by atoms with Gasteiger partial charge in [-0.2, -0.15) is 0 Å². The second kappa shape index (κ2) is 10.3. The number of hydrogen-bond donors (Lipinski definition) is 1. The molecule has 0 spiro atoms. The van der Waals surface area contributed by atoms with Gasteiger partial charge in [-0.3, -0.25) is 0 Å². The van der Waals surface area contributed by atoms with Gasteiger partial charge in [0.05, 0.1) is 0 Å². The number of rotatable bonds is 9. The number of unbranched alkanes of at least 4 members (excludes halogenated alkanes) is 5. The zero-order valence-electron chi connectivity index (χ0n) is 12.7. The molecule has 0 aliphatic rings. The molecular formula is C17H30ClN. The molecule has 1 aromatic rings. The summed E-state index contributed by atoms with van der Waals surface area (Å²) in [4.78, 5) is 0. The molecule has 0 bridgehead atoms. The van der Waals surface area contributed by atoms with Crippen molar-refractivity contribution in [1.29, 1.82) is 0 Å². The Balaban J connectivity index is 0.00000324. The summed E-state index contributed by atoms with van der Waals surface area (Å²) >= 11 is 0. The maximum Gasteiger partial charge on any atom is 0.0377 e. The predicted molar refractivity (Wildman–Crippen MR) is 88.1 cm³/mol. The van der Waals surface area contributed by atoms with E-state index in [0.29, 0.717) is 0 Å². The van der Waals surface area contributed by atoms with Crippen molar-refractivity contribution in [2.45, 2.75) is 64.8 Å². The highest BCUT2D eigenvalue weighted by atomic mass is 35.5. The Morgan fingerprint density at radius 1 is 0.895 bits per heavy atom. The van der Waals surface area contributed by atoms with Gasteiger partial charge in [-0.1, -0.05) is 69.4 Å². The third-order valence-corrected chi connectivity index (χ3v) is 3.59. The van der Waals surface area contributed by atoms with Gasteiger partial charge in [0.15, 0.2) is 0 Å². The van der Waals surface area contributed by atoms with Crippen molar-refractivity contribution in [2.75, 3.05) is 6.54 Å². The molecule has 0 atom stereocenters. The average Bonchev–Trinajstić information content (AvgIpc) is 2.39. The normalized spacial score (nSPS) is 11.1. The number of benzene rings is 1. The maximum absolute atomic E-state index is 3.67. The quantitative estimate of drug-likeness (QED) is 0.607. The van der Waals surface area contributed by atoms with Gasteiger partial charge in [-0.15, -0.1) is 12.4 Å². The van der Waals surface area contributed by atoms with Crippen molar-refractivity contribution >= 4 is 12.4 Å². The van der Waals surface area contributed by atoms with Crippen LogP contribution in [0.15, 0.2) is 30.3 Å². The van der Waals surface area contributed by atoms with Crippen molar-refractivity contribution in [1.82, 2.24) is 5.32 Å². The number of halogens is 1. The molecule has 0 aromatic heterocycles. The molecule has 0 heterocycles. The first-order chi connectivity index (χ1) is 8.67. The summed E-state index contributed by atoms with van der Waals surface area (Å²) in [5, 5.41) is 3.67. The summed E-state index contributed by atoms with van der Waals surface area (Å²) in [7, 11) is 0. The Kier molecular flexibility index (Phi) is 9.99. The van der Waals surface area contributed by atoms with E-state index in [1.54, 1.807) is 0 Å². The minimum Gasteiger partial charge on any atom is -0.308 e. The average molecular weight is 284 g/mol. The lowest BCUT2D eigenvalue weighted by atomic mass is 9.94.